The van der Waals surface area contributed by atoms with E-state index in [1.165, 1.54) is 11.3 Å². The number of nitrogens with one attached hydrogen (secondary N) is 1. The fraction of sp³-hybridized carbons (Fsp3) is 0. The molecule has 4 aromatic rings. The van der Waals surface area contributed by atoms with Crippen molar-refractivity contribution in [1.29, 1.82) is 5.26 Å². The molecule has 6 heteroatoms. The fourth-order valence-electron chi connectivity index (χ4n) is 2.47. The number of hydrogen-bond donors (Lipinski definition) is 1. The summed E-state index contributed by atoms with van der Waals surface area (Å²) in [5, 5.41) is 19.2. The molecule has 0 aliphatic carbocycles. The van der Waals surface area contributed by atoms with E-state index in [0.717, 1.165) is 22.5 Å². The molecule has 1 N–H and O–H groups in total. The van der Waals surface area contributed by atoms with Crippen LogP contribution in [0.3, 0.4) is 0 Å². The van der Waals surface area contributed by atoms with Crippen molar-refractivity contribution in [2.24, 2.45) is 0 Å². The SMILES string of the molecule is N#CC(=Cc1cn[nH]c1-c1ccccc1)c1nc(-c2ccco2)cs1. The molecule has 1 aromatic carbocycles. The lowest BCUT2D eigenvalue weighted by atomic mass is 10.1. The van der Waals surface area contributed by atoms with Crippen molar-refractivity contribution in [3.63, 3.8) is 0 Å². The van der Waals surface area contributed by atoms with Crippen LogP contribution in [0.5, 0.6) is 0 Å². The molecule has 0 unspecified atom stereocenters. The Bertz CT molecular complexity index is 1050. The number of allylic oxidation sites excluding steroid dienone is 1. The van der Waals surface area contributed by atoms with E-state index in [0.29, 0.717) is 16.3 Å². The second-order valence-corrected chi connectivity index (χ2v) is 6.11. The Morgan fingerprint density at radius 2 is 2.08 bits per heavy atom. The van der Waals surface area contributed by atoms with E-state index in [1.807, 2.05) is 47.8 Å². The number of rotatable bonds is 4. The van der Waals surface area contributed by atoms with Gasteiger partial charge in [0.1, 0.15) is 16.8 Å². The molecule has 0 bridgehead atoms. The van der Waals surface area contributed by atoms with E-state index in [1.54, 1.807) is 18.5 Å². The van der Waals surface area contributed by atoms with Gasteiger partial charge in [-0.3, -0.25) is 5.10 Å². The van der Waals surface area contributed by atoms with Crippen LogP contribution in [0.4, 0.5) is 0 Å². The summed E-state index contributed by atoms with van der Waals surface area (Å²) in [5.74, 6) is 0.688. The van der Waals surface area contributed by atoms with Gasteiger partial charge in [-0.25, -0.2) is 4.98 Å². The number of aromatic nitrogens is 3. The Kier molecular flexibility index (Phi) is 3.99. The van der Waals surface area contributed by atoms with E-state index >= 15 is 0 Å². The summed E-state index contributed by atoms with van der Waals surface area (Å²) in [6, 6.07) is 15.8. The van der Waals surface area contributed by atoms with Crippen molar-refractivity contribution < 1.29 is 4.42 Å². The largest absolute Gasteiger partial charge is 0.463 e. The lowest BCUT2D eigenvalue weighted by Gasteiger charge is -2.00. The second-order valence-electron chi connectivity index (χ2n) is 5.25. The van der Waals surface area contributed by atoms with Gasteiger partial charge in [0, 0.05) is 16.5 Å². The fourth-order valence-corrected chi connectivity index (χ4v) is 3.25. The lowest BCUT2D eigenvalue weighted by molar-refractivity contribution is 0.580. The van der Waals surface area contributed by atoms with Crippen LogP contribution in [0, 0.1) is 11.3 Å². The summed E-state index contributed by atoms with van der Waals surface area (Å²) in [6.07, 6.45) is 5.12. The maximum absolute atomic E-state index is 9.57. The van der Waals surface area contributed by atoms with Gasteiger partial charge >= 0.3 is 0 Å². The molecule has 3 aromatic heterocycles. The Morgan fingerprint density at radius 1 is 1.20 bits per heavy atom. The van der Waals surface area contributed by atoms with Crippen LogP contribution in [-0.2, 0) is 0 Å². The van der Waals surface area contributed by atoms with Gasteiger partial charge in [0.2, 0.25) is 0 Å². The van der Waals surface area contributed by atoms with Crippen molar-refractivity contribution in [3.8, 4) is 28.8 Å². The van der Waals surface area contributed by atoms with Crippen molar-refractivity contribution in [2.75, 3.05) is 0 Å². The Balaban J connectivity index is 1.71. The highest BCUT2D eigenvalue weighted by atomic mass is 32.1. The summed E-state index contributed by atoms with van der Waals surface area (Å²) in [4.78, 5) is 4.51. The molecule has 3 heterocycles. The van der Waals surface area contributed by atoms with Gasteiger partial charge in [0.25, 0.3) is 0 Å². The summed E-state index contributed by atoms with van der Waals surface area (Å²) in [7, 11) is 0. The topological polar surface area (TPSA) is 78.5 Å². The molecular formula is C19H12N4OS. The minimum absolute atomic E-state index is 0.487. The maximum Gasteiger partial charge on any atom is 0.153 e. The number of aromatic amines is 1. The summed E-state index contributed by atoms with van der Waals surface area (Å²) < 4.78 is 5.36. The second kappa shape index (κ2) is 6.59. The molecule has 0 saturated carbocycles. The smallest absolute Gasteiger partial charge is 0.153 e. The van der Waals surface area contributed by atoms with Crippen LogP contribution in [-0.4, -0.2) is 15.2 Å². The van der Waals surface area contributed by atoms with Crippen LogP contribution >= 0.6 is 11.3 Å². The molecule has 0 amide bonds. The average Bonchev–Trinajstić information content (AvgIpc) is 3.41. The van der Waals surface area contributed by atoms with Gasteiger partial charge in [-0.15, -0.1) is 11.3 Å². The maximum atomic E-state index is 9.57. The first-order valence-electron chi connectivity index (χ1n) is 7.55. The first kappa shape index (κ1) is 15.1. The predicted octanol–water partition coefficient (Wildman–Crippen LogP) is 4.86. The van der Waals surface area contributed by atoms with Gasteiger partial charge in [-0.05, 0) is 18.2 Å². The van der Waals surface area contributed by atoms with Crippen molar-refractivity contribution in [3.05, 3.63) is 70.9 Å². The Hall–Kier alpha value is -3.43. The number of nitriles is 1. The minimum Gasteiger partial charge on any atom is -0.463 e. The normalized spacial score (nSPS) is 11.4. The van der Waals surface area contributed by atoms with Gasteiger partial charge in [0.05, 0.1) is 23.7 Å². The third kappa shape index (κ3) is 3.01. The van der Waals surface area contributed by atoms with Gasteiger partial charge in [-0.2, -0.15) is 10.4 Å². The van der Waals surface area contributed by atoms with E-state index in [9.17, 15) is 5.26 Å². The lowest BCUT2D eigenvalue weighted by Crippen LogP contribution is -1.84. The summed E-state index contributed by atoms with van der Waals surface area (Å²) >= 11 is 1.41. The third-order valence-electron chi connectivity index (χ3n) is 3.66. The quantitative estimate of drug-likeness (QED) is 0.536. The average molecular weight is 344 g/mol. The van der Waals surface area contributed by atoms with Crippen LogP contribution in [0.25, 0.3) is 34.4 Å². The molecule has 0 saturated heterocycles. The highest BCUT2D eigenvalue weighted by Gasteiger charge is 2.12. The number of nitrogens with zero attached hydrogens (tertiary/aromatic N) is 3. The first-order valence-corrected chi connectivity index (χ1v) is 8.43. The number of thiazole rings is 1. The molecule has 0 spiro atoms. The van der Waals surface area contributed by atoms with Crippen LogP contribution in [0.15, 0.2) is 64.7 Å². The zero-order valence-electron chi connectivity index (χ0n) is 13.0. The Labute approximate surface area is 147 Å². The molecule has 0 fully saturated rings. The monoisotopic (exact) mass is 344 g/mol. The molecule has 0 radical (unpaired) electrons. The van der Waals surface area contributed by atoms with Gasteiger partial charge in [0.15, 0.2) is 5.76 Å². The Morgan fingerprint density at radius 3 is 2.84 bits per heavy atom. The van der Waals surface area contributed by atoms with Crippen molar-refractivity contribution in [2.45, 2.75) is 0 Å². The summed E-state index contributed by atoms with van der Waals surface area (Å²) in [6.45, 7) is 0. The highest BCUT2D eigenvalue weighted by Crippen LogP contribution is 2.29. The van der Waals surface area contributed by atoms with Crippen LogP contribution in [0.1, 0.15) is 10.6 Å². The van der Waals surface area contributed by atoms with Crippen LogP contribution < -0.4 is 0 Å². The zero-order valence-corrected chi connectivity index (χ0v) is 13.8. The van der Waals surface area contributed by atoms with Crippen molar-refractivity contribution in [1.82, 2.24) is 15.2 Å². The number of furan rings is 1. The summed E-state index contributed by atoms with van der Waals surface area (Å²) in [5.41, 5.74) is 3.94. The van der Waals surface area contributed by atoms with E-state index in [2.05, 4.69) is 21.3 Å². The molecular weight excluding hydrogens is 332 g/mol. The molecule has 25 heavy (non-hydrogen) atoms. The molecule has 0 aliphatic rings. The standard InChI is InChI=1S/C19H12N4OS/c20-10-14(19-22-16(12-25-19)17-7-4-8-24-17)9-15-11-21-23-18(15)13-5-2-1-3-6-13/h1-9,11-12H,(H,21,23). The minimum atomic E-state index is 0.487. The molecule has 0 aliphatic heterocycles. The first-order chi connectivity index (χ1) is 12.3. The zero-order chi connectivity index (χ0) is 17.1. The van der Waals surface area contributed by atoms with E-state index < -0.39 is 0 Å². The highest BCUT2D eigenvalue weighted by molar-refractivity contribution is 7.11. The van der Waals surface area contributed by atoms with E-state index in [-0.39, 0.29) is 0 Å². The van der Waals surface area contributed by atoms with Crippen LogP contribution in [0.2, 0.25) is 0 Å². The third-order valence-corrected chi connectivity index (χ3v) is 4.54. The van der Waals surface area contributed by atoms with Gasteiger partial charge in [-0.1, -0.05) is 30.3 Å². The predicted molar refractivity (Wildman–Crippen MR) is 97.3 cm³/mol. The number of hydrogen-bond acceptors (Lipinski definition) is 5. The van der Waals surface area contributed by atoms with E-state index in [4.69, 9.17) is 4.42 Å². The molecule has 4 rings (SSSR count). The number of H-pyrrole nitrogens is 1. The molecule has 5 nitrogen and oxygen atoms in total. The van der Waals surface area contributed by atoms with Gasteiger partial charge < -0.3 is 4.42 Å². The van der Waals surface area contributed by atoms with Crippen molar-refractivity contribution >= 4 is 23.0 Å². The number of benzene rings is 1. The molecule has 0 atom stereocenters. The molecule has 120 valence electrons.